The van der Waals surface area contributed by atoms with E-state index in [0.717, 1.165) is 11.5 Å². The van der Waals surface area contributed by atoms with Gasteiger partial charge in [-0.2, -0.15) is 17.2 Å². The molecule has 0 atom stereocenters. The number of para-hydroxylation sites is 1. The Labute approximate surface area is 120 Å². The fourth-order valence-corrected chi connectivity index (χ4v) is 1.32. The van der Waals surface area contributed by atoms with Gasteiger partial charge in [-0.05, 0) is 12.1 Å². The third-order valence-corrected chi connectivity index (χ3v) is 2.37. The number of hydrogen-bond donors (Lipinski definition) is 0. The summed E-state index contributed by atoms with van der Waals surface area (Å²) < 4.78 is 5.66. The molecule has 2 aromatic rings. The third-order valence-electron chi connectivity index (χ3n) is 2.37. The third kappa shape index (κ3) is 3.40. The van der Waals surface area contributed by atoms with Crippen molar-refractivity contribution in [1.29, 1.82) is 0 Å². The Morgan fingerprint density at radius 3 is 2.31 bits per heavy atom. The van der Waals surface area contributed by atoms with Crippen molar-refractivity contribution in [3.05, 3.63) is 59.7 Å². The van der Waals surface area contributed by atoms with E-state index in [1.54, 1.807) is 0 Å². The molecule has 0 N–H and O–H groups in total. The summed E-state index contributed by atoms with van der Waals surface area (Å²) in [6, 6.07) is 16.8. The summed E-state index contributed by atoms with van der Waals surface area (Å²) in [4.78, 5) is 0. The van der Waals surface area contributed by atoms with Gasteiger partial charge in [-0.1, -0.05) is 32.0 Å². The second-order valence-corrected chi connectivity index (χ2v) is 3.58. The maximum atomic E-state index is 5.66. The Balaban J connectivity index is 0.00000128. The van der Waals surface area contributed by atoms with Crippen LogP contribution >= 0.6 is 0 Å². The molecule has 0 aromatic heterocycles. The maximum Gasteiger partial charge on any atom is 2.00 e. The van der Waals surface area contributed by atoms with E-state index >= 15 is 0 Å². The van der Waals surface area contributed by atoms with Crippen LogP contribution in [0.25, 0.3) is 0 Å². The number of benzene rings is 2. The van der Waals surface area contributed by atoms with Gasteiger partial charge in [-0.15, -0.1) is 12.1 Å². The monoisotopic (exact) mass is 435 g/mol. The van der Waals surface area contributed by atoms with E-state index < -0.39 is 0 Å². The molecule has 0 unspecified atom stereocenters. The summed E-state index contributed by atoms with van der Waals surface area (Å²) in [5.74, 6) is 1.61. The Morgan fingerprint density at radius 2 is 1.69 bits per heavy atom. The van der Waals surface area contributed by atoms with Crippen molar-refractivity contribution in [1.82, 2.24) is 0 Å². The molecule has 0 amide bonds. The normalized spacial score (nSPS) is 9.38. The Hall–Kier alpha value is -0.708. The van der Waals surface area contributed by atoms with Crippen molar-refractivity contribution in [2.75, 3.05) is 0 Å². The standard InChI is InChI=1S/C14H13O.U/c1-11-8-9-14(10-12(11)2)15-13-6-4-3-5-7-13;/h3-8,10H,1-2H3;/q-1;+2. The molecule has 2 rings (SSSR count). The molecule has 0 aliphatic rings. The molecule has 0 aliphatic carbocycles. The van der Waals surface area contributed by atoms with Gasteiger partial charge in [-0.3, -0.25) is 0 Å². The Morgan fingerprint density at radius 1 is 1.00 bits per heavy atom. The molecule has 0 radical (unpaired) electrons. The zero-order valence-electron chi connectivity index (χ0n) is 9.45. The van der Waals surface area contributed by atoms with E-state index in [2.05, 4.69) is 19.9 Å². The number of rotatable bonds is 2. The average Bonchev–Trinajstić information content (AvgIpc) is 2.25. The van der Waals surface area contributed by atoms with Crippen LogP contribution in [-0.4, -0.2) is 0 Å². The molecular weight excluding hydrogens is 422 g/mol. The molecule has 2 heteroatoms. The van der Waals surface area contributed by atoms with Crippen molar-refractivity contribution < 1.29 is 35.9 Å². The molecule has 16 heavy (non-hydrogen) atoms. The van der Waals surface area contributed by atoms with Crippen LogP contribution in [0.1, 0.15) is 11.1 Å². The SMILES string of the molecule is Cc1c[c-]c(Oc2ccccc2)cc1C.[U+2]. The van der Waals surface area contributed by atoms with Gasteiger partial charge in [0.05, 0.1) is 0 Å². The van der Waals surface area contributed by atoms with Crippen LogP contribution in [-0.2, 0) is 0 Å². The van der Waals surface area contributed by atoms with Crippen molar-refractivity contribution in [2.45, 2.75) is 13.8 Å². The molecule has 2 aromatic carbocycles. The van der Waals surface area contributed by atoms with E-state index in [-0.39, 0.29) is 31.1 Å². The molecular formula is C14H13OU+. The minimum Gasteiger partial charge on any atom is -0.483 e. The molecule has 1 nitrogen and oxygen atoms in total. The molecule has 0 saturated heterocycles. The molecule has 0 heterocycles. The van der Waals surface area contributed by atoms with Crippen LogP contribution in [0.5, 0.6) is 11.5 Å². The van der Waals surface area contributed by atoms with Gasteiger partial charge >= 0.3 is 31.1 Å². The van der Waals surface area contributed by atoms with Crippen molar-refractivity contribution in [2.24, 2.45) is 0 Å². The van der Waals surface area contributed by atoms with Gasteiger partial charge in [0.15, 0.2) is 0 Å². The zero-order valence-corrected chi connectivity index (χ0v) is 13.6. The van der Waals surface area contributed by atoms with E-state index in [1.165, 1.54) is 11.1 Å². The summed E-state index contributed by atoms with van der Waals surface area (Å²) in [6.07, 6.45) is 0. The predicted molar refractivity (Wildman–Crippen MR) is 61.3 cm³/mol. The summed E-state index contributed by atoms with van der Waals surface area (Å²) in [6.45, 7) is 4.14. The summed E-state index contributed by atoms with van der Waals surface area (Å²) in [5.41, 5.74) is 2.45. The number of ether oxygens (including phenoxy) is 1. The molecule has 0 aliphatic heterocycles. The van der Waals surface area contributed by atoms with Crippen molar-refractivity contribution in [3.8, 4) is 11.5 Å². The average molecular weight is 435 g/mol. The van der Waals surface area contributed by atoms with Crippen LogP contribution in [0, 0.1) is 51.0 Å². The van der Waals surface area contributed by atoms with Crippen LogP contribution in [0.3, 0.4) is 0 Å². The van der Waals surface area contributed by atoms with Gasteiger partial charge in [0, 0.05) is 5.75 Å². The minimum atomic E-state index is 0. The van der Waals surface area contributed by atoms with E-state index in [1.807, 2.05) is 42.5 Å². The first-order valence-electron chi connectivity index (χ1n) is 4.97. The first-order valence-corrected chi connectivity index (χ1v) is 4.97. The maximum absolute atomic E-state index is 5.66. The number of hydrogen-bond acceptors (Lipinski definition) is 1. The second kappa shape index (κ2) is 6.13. The van der Waals surface area contributed by atoms with E-state index in [4.69, 9.17) is 4.74 Å². The van der Waals surface area contributed by atoms with Gasteiger partial charge in [0.1, 0.15) is 5.75 Å². The van der Waals surface area contributed by atoms with Crippen molar-refractivity contribution in [3.63, 3.8) is 0 Å². The van der Waals surface area contributed by atoms with E-state index in [0.29, 0.717) is 0 Å². The minimum absolute atomic E-state index is 0. The number of aryl methyl sites for hydroxylation is 2. The molecule has 78 valence electrons. The van der Waals surface area contributed by atoms with Gasteiger partial charge < -0.3 is 4.74 Å². The second-order valence-electron chi connectivity index (χ2n) is 3.58. The smallest absolute Gasteiger partial charge is 0.483 e. The van der Waals surface area contributed by atoms with Crippen molar-refractivity contribution >= 4 is 0 Å². The van der Waals surface area contributed by atoms with Crippen LogP contribution in [0.15, 0.2) is 42.5 Å². The predicted octanol–water partition coefficient (Wildman–Crippen LogP) is 3.90. The van der Waals surface area contributed by atoms with Gasteiger partial charge in [0.25, 0.3) is 0 Å². The summed E-state index contributed by atoms with van der Waals surface area (Å²) >= 11 is 0. The molecule has 0 fully saturated rings. The van der Waals surface area contributed by atoms with Crippen LogP contribution in [0.2, 0.25) is 0 Å². The van der Waals surface area contributed by atoms with Gasteiger partial charge in [0.2, 0.25) is 0 Å². The Kier molecular flexibility index (Phi) is 5.12. The molecule has 0 bridgehead atoms. The largest absolute Gasteiger partial charge is 2.00 e. The van der Waals surface area contributed by atoms with Crippen LogP contribution in [0.4, 0.5) is 0 Å². The first kappa shape index (κ1) is 13.4. The zero-order chi connectivity index (χ0) is 10.7. The first-order chi connectivity index (χ1) is 7.25. The Bertz CT molecular complexity index is 452. The van der Waals surface area contributed by atoms with Gasteiger partial charge in [-0.25, -0.2) is 0 Å². The summed E-state index contributed by atoms with van der Waals surface area (Å²) in [5, 5.41) is 0. The summed E-state index contributed by atoms with van der Waals surface area (Å²) in [7, 11) is 0. The topological polar surface area (TPSA) is 9.23 Å². The van der Waals surface area contributed by atoms with E-state index in [9.17, 15) is 0 Å². The fraction of sp³-hybridized carbons (Fsp3) is 0.143. The quantitative estimate of drug-likeness (QED) is 0.651. The molecule has 0 spiro atoms. The fourth-order valence-electron chi connectivity index (χ4n) is 1.32. The molecule has 0 saturated carbocycles. The van der Waals surface area contributed by atoms with Crippen LogP contribution < -0.4 is 4.74 Å².